The van der Waals surface area contributed by atoms with Crippen molar-refractivity contribution in [1.29, 1.82) is 0 Å². The Bertz CT molecular complexity index is 1240. The number of halogens is 1. The zero-order chi connectivity index (χ0) is 22.7. The van der Waals surface area contributed by atoms with Crippen molar-refractivity contribution in [2.24, 2.45) is 5.92 Å². The highest BCUT2D eigenvalue weighted by molar-refractivity contribution is 6.30. The molecule has 0 fully saturated rings. The van der Waals surface area contributed by atoms with E-state index in [2.05, 4.69) is 53.6 Å². The van der Waals surface area contributed by atoms with E-state index >= 15 is 0 Å². The Morgan fingerprint density at radius 3 is 2.44 bits per heavy atom. The number of aromatic nitrogens is 6. The molecule has 2 aromatic heterocycles. The molecule has 2 heterocycles. The summed E-state index contributed by atoms with van der Waals surface area (Å²) in [5.41, 5.74) is 4.90. The van der Waals surface area contributed by atoms with Gasteiger partial charge in [0, 0.05) is 12.1 Å². The quantitative estimate of drug-likeness (QED) is 0.393. The second-order valence-corrected chi connectivity index (χ2v) is 8.61. The van der Waals surface area contributed by atoms with E-state index in [9.17, 15) is 4.79 Å². The largest absolute Gasteiger partial charge is 0.329 e. The number of benzene rings is 2. The van der Waals surface area contributed by atoms with Crippen LogP contribution in [0.4, 0.5) is 0 Å². The van der Waals surface area contributed by atoms with E-state index in [1.807, 2.05) is 35.8 Å². The Morgan fingerprint density at radius 1 is 1.03 bits per heavy atom. The predicted octanol–water partition coefficient (Wildman–Crippen LogP) is 4.60. The fraction of sp³-hybridized carbons (Fsp3) is 0.333. The fourth-order valence-electron chi connectivity index (χ4n) is 3.87. The van der Waals surface area contributed by atoms with E-state index in [0.29, 0.717) is 24.2 Å². The van der Waals surface area contributed by atoms with Crippen LogP contribution in [0.2, 0.25) is 5.15 Å². The van der Waals surface area contributed by atoms with Crippen molar-refractivity contribution in [1.82, 2.24) is 29.3 Å². The fourth-order valence-corrected chi connectivity index (χ4v) is 4.26. The van der Waals surface area contributed by atoms with Gasteiger partial charge in [0.05, 0.1) is 17.9 Å². The summed E-state index contributed by atoms with van der Waals surface area (Å²) in [6.07, 6.45) is 3.36. The maximum atomic E-state index is 13.0. The van der Waals surface area contributed by atoms with Crippen LogP contribution in [0.5, 0.6) is 0 Å². The van der Waals surface area contributed by atoms with E-state index in [1.165, 1.54) is 0 Å². The molecule has 0 radical (unpaired) electrons. The molecule has 0 aliphatic rings. The van der Waals surface area contributed by atoms with Crippen LogP contribution in [0, 0.1) is 5.92 Å². The summed E-state index contributed by atoms with van der Waals surface area (Å²) in [7, 11) is 0. The first-order valence-corrected chi connectivity index (χ1v) is 11.3. The van der Waals surface area contributed by atoms with Gasteiger partial charge >= 0.3 is 5.69 Å². The molecule has 0 amide bonds. The van der Waals surface area contributed by atoms with Crippen molar-refractivity contribution in [3.8, 4) is 16.8 Å². The Hall–Kier alpha value is -3.19. The molecule has 0 bridgehead atoms. The minimum Gasteiger partial charge on any atom is -0.290 e. The smallest absolute Gasteiger partial charge is 0.290 e. The van der Waals surface area contributed by atoms with Crippen molar-refractivity contribution < 1.29 is 0 Å². The summed E-state index contributed by atoms with van der Waals surface area (Å²) < 4.78 is 5.12. The van der Waals surface area contributed by atoms with Gasteiger partial charge in [-0.15, -0.1) is 5.10 Å². The summed E-state index contributed by atoms with van der Waals surface area (Å²) in [4.78, 5) is 13.0. The molecule has 166 valence electrons. The van der Waals surface area contributed by atoms with Crippen LogP contribution >= 0.6 is 11.6 Å². The molecule has 0 atom stereocenters. The molecule has 0 N–H and O–H groups in total. The summed E-state index contributed by atoms with van der Waals surface area (Å²) in [5, 5.41) is 12.1. The van der Waals surface area contributed by atoms with Crippen molar-refractivity contribution >= 4 is 11.6 Å². The number of nitrogens with zero attached hydrogens (tertiary/aromatic N) is 6. The molecule has 8 heteroatoms. The molecular weight excluding hydrogens is 424 g/mol. The molecule has 4 rings (SSSR count). The van der Waals surface area contributed by atoms with Gasteiger partial charge in [-0.3, -0.25) is 9.13 Å². The SMILES string of the molecule is CCn1c(Cl)c(CCC(C)C)n(Cc2ccc(-c3ccccc3-n3cnnn3)cc2)c1=O. The normalized spacial score (nSPS) is 11.4. The number of rotatable bonds is 8. The van der Waals surface area contributed by atoms with Crippen LogP contribution in [0.3, 0.4) is 0 Å². The lowest BCUT2D eigenvalue weighted by atomic mass is 10.0. The Labute approximate surface area is 192 Å². The third kappa shape index (κ3) is 4.39. The summed E-state index contributed by atoms with van der Waals surface area (Å²) in [6, 6.07) is 16.2. The zero-order valence-electron chi connectivity index (χ0n) is 18.6. The lowest BCUT2D eigenvalue weighted by Gasteiger charge is -2.11. The van der Waals surface area contributed by atoms with Gasteiger partial charge in [0.25, 0.3) is 0 Å². The minimum absolute atomic E-state index is 0.0515. The molecule has 4 aromatic rings. The monoisotopic (exact) mass is 450 g/mol. The third-order valence-electron chi connectivity index (χ3n) is 5.64. The van der Waals surface area contributed by atoms with Gasteiger partial charge in [0.1, 0.15) is 11.5 Å². The first-order valence-electron chi connectivity index (χ1n) is 10.9. The molecular formula is C24H27ClN6O. The van der Waals surface area contributed by atoms with Gasteiger partial charge in [0.2, 0.25) is 0 Å². The Balaban J connectivity index is 1.64. The van der Waals surface area contributed by atoms with Crippen LogP contribution in [0.25, 0.3) is 16.8 Å². The topological polar surface area (TPSA) is 70.5 Å². The number of imidazole rings is 1. The number of tetrazole rings is 1. The van der Waals surface area contributed by atoms with Gasteiger partial charge in [-0.1, -0.05) is 67.9 Å². The van der Waals surface area contributed by atoms with Crippen LogP contribution in [-0.4, -0.2) is 29.3 Å². The van der Waals surface area contributed by atoms with E-state index < -0.39 is 0 Å². The number of para-hydroxylation sites is 1. The average Bonchev–Trinajstić information content (AvgIpc) is 3.40. The second-order valence-electron chi connectivity index (χ2n) is 8.25. The maximum Gasteiger partial charge on any atom is 0.329 e. The highest BCUT2D eigenvalue weighted by atomic mass is 35.5. The first kappa shape index (κ1) is 22.0. The standard InChI is InChI=1S/C24H27ClN6O/c1-4-29-23(25)22(14-9-17(2)3)30(24(29)32)15-18-10-12-19(13-11-18)20-7-5-6-8-21(20)31-16-26-27-28-31/h5-8,10-13,16-17H,4,9,14-15H2,1-3H3. The van der Waals surface area contributed by atoms with Crippen molar-refractivity contribution in [3.63, 3.8) is 0 Å². The molecule has 2 aromatic carbocycles. The first-order chi connectivity index (χ1) is 15.5. The number of hydrogen-bond donors (Lipinski definition) is 0. The van der Waals surface area contributed by atoms with Gasteiger partial charge in [0.15, 0.2) is 0 Å². The van der Waals surface area contributed by atoms with Crippen molar-refractivity contribution in [2.75, 3.05) is 0 Å². The predicted molar refractivity (Wildman–Crippen MR) is 126 cm³/mol. The highest BCUT2D eigenvalue weighted by Crippen LogP contribution is 2.27. The van der Waals surface area contributed by atoms with Crippen LogP contribution in [0.1, 0.15) is 38.4 Å². The second kappa shape index (κ2) is 9.53. The minimum atomic E-state index is -0.0515. The van der Waals surface area contributed by atoms with Crippen LogP contribution in [0.15, 0.2) is 59.7 Å². The Morgan fingerprint density at radius 2 is 1.78 bits per heavy atom. The molecule has 0 unspecified atom stereocenters. The van der Waals surface area contributed by atoms with Crippen LogP contribution in [-0.2, 0) is 19.5 Å². The molecule has 0 saturated heterocycles. The van der Waals surface area contributed by atoms with E-state index in [-0.39, 0.29) is 5.69 Å². The van der Waals surface area contributed by atoms with Gasteiger partial charge in [-0.2, -0.15) is 4.68 Å². The number of hydrogen-bond acceptors (Lipinski definition) is 4. The van der Waals surface area contributed by atoms with Crippen LogP contribution < -0.4 is 5.69 Å². The molecule has 0 aliphatic heterocycles. The Kier molecular flexibility index (Phi) is 6.55. The third-order valence-corrected chi connectivity index (χ3v) is 6.07. The zero-order valence-corrected chi connectivity index (χ0v) is 19.3. The molecule has 32 heavy (non-hydrogen) atoms. The molecule has 0 saturated carbocycles. The molecule has 0 aliphatic carbocycles. The van der Waals surface area contributed by atoms with Crippen molar-refractivity contribution in [3.05, 3.63) is 81.8 Å². The summed E-state index contributed by atoms with van der Waals surface area (Å²) in [5.74, 6) is 0.541. The van der Waals surface area contributed by atoms with Gasteiger partial charge in [-0.25, -0.2) is 4.79 Å². The van der Waals surface area contributed by atoms with Crippen molar-refractivity contribution in [2.45, 2.75) is 46.7 Å². The van der Waals surface area contributed by atoms with Gasteiger partial charge in [-0.05, 0) is 53.3 Å². The average molecular weight is 451 g/mol. The van der Waals surface area contributed by atoms with Gasteiger partial charge < -0.3 is 0 Å². The van der Waals surface area contributed by atoms with E-state index in [4.69, 9.17) is 11.6 Å². The molecule has 7 nitrogen and oxygen atoms in total. The van der Waals surface area contributed by atoms with E-state index in [1.54, 1.807) is 15.6 Å². The lowest BCUT2D eigenvalue weighted by Crippen LogP contribution is -2.25. The summed E-state index contributed by atoms with van der Waals surface area (Å²) >= 11 is 6.58. The highest BCUT2D eigenvalue weighted by Gasteiger charge is 2.18. The lowest BCUT2D eigenvalue weighted by molar-refractivity contribution is 0.565. The molecule has 0 spiro atoms. The summed E-state index contributed by atoms with van der Waals surface area (Å²) in [6.45, 7) is 7.36. The van der Waals surface area contributed by atoms with E-state index in [0.717, 1.165) is 40.9 Å². The maximum absolute atomic E-state index is 13.0.